The summed E-state index contributed by atoms with van der Waals surface area (Å²) < 4.78 is 0. The molecule has 2 aliphatic heterocycles. The third kappa shape index (κ3) is 6.39. The quantitative estimate of drug-likeness (QED) is 0.157. The number of rotatable bonds is 5. The molecule has 9 aromatic rings. The Hall–Kier alpha value is -7.26. The van der Waals surface area contributed by atoms with E-state index in [1.165, 1.54) is 87.7 Å². The second-order valence-corrected chi connectivity index (χ2v) is 21.3. The predicted molar refractivity (Wildman–Crippen MR) is 266 cm³/mol. The molecular weight excluding hydrogens is 751 g/mol. The van der Waals surface area contributed by atoms with Crippen LogP contribution < -0.4 is 15.3 Å². The van der Waals surface area contributed by atoms with E-state index in [4.69, 9.17) is 6.58 Å². The van der Waals surface area contributed by atoms with Crippen LogP contribution in [0, 0.1) is 0 Å². The molecule has 0 saturated carbocycles. The first-order valence-corrected chi connectivity index (χ1v) is 24.3. The van der Waals surface area contributed by atoms with E-state index in [-0.39, 0.29) is 0 Å². The number of hydrogen-bond donors (Lipinski definition) is 0. The minimum absolute atomic E-state index is 0.715. The van der Waals surface area contributed by atoms with E-state index in [0.717, 1.165) is 22.4 Å². The molecule has 9 aromatic carbocycles. The fourth-order valence-corrected chi connectivity index (χ4v) is 12.9. The predicted octanol–water partition coefficient (Wildman–Crippen LogP) is 14.6. The molecule has 0 radical (unpaired) electrons. The fraction of sp³-hybridized carbons (Fsp3) is 0.0508. The zero-order chi connectivity index (χ0) is 41.1. The monoisotopic (exact) mass is 795 g/mol. The van der Waals surface area contributed by atoms with Crippen molar-refractivity contribution in [2.45, 2.75) is 13.1 Å². The van der Waals surface area contributed by atoms with Gasteiger partial charge < -0.3 is 4.90 Å². The lowest BCUT2D eigenvalue weighted by molar-refractivity contribution is 1.09. The van der Waals surface area contributed by atoms with Crippen molar-refractivity contribution >= 4 is 62.5 Å². The van der Waals surface area contributed by atoms with E-state index in [9.17, 15) is 0 Å². The lowest BCUT2D eigenvalue weighted by atomic mass is 9.92. The molecule has 0 aromatic heterocycles. The number of allylic oxidation sites excluding steroid dienone is 4. The van der Waals surface area contributed by atoms with Gasteiger partial charge in [-0.05, 0) is 123 Å². The third-order valence-electron chi connectivity index (χ3n) is 13.0. The van der Waals surface area contributed by atoms with Crippen molar-refractivity contribution in [1.29, 1.82) is 0 Å². The molecule has 0 spiro atoms. The standard InChI is InChI=1S/C59H45NSi/c1-40-36-47(52-23-11-18-44-16-7-9-21-50(44)52)20-13-35-60(57-34-30-48(37-56(40)57)53-24-12-19-45-17-8-10-22-51(45)53)49-31-33-55-54-32-29-46(38-58(54)61(2,3)59(55)39-49)43-27-25-42(26-28-43)41-14-5-4-6-15-41/h4-34,36-39H,1,35H2,2-3H3/b20-13-,47-36+. The summed E-state index contributed by atoms with van der Waals surface area (Å²) in [6.45, 7) is 10.6. The number of hydrogen-bond acceptors (Lipinski definition) is 1. The zero-order valence-corrected chi connectivity index (χ0v) is 35.6. The van der Waals surface area contributed by atoms with Gasteiger partial charge in [0.15, 0.2) is 0 Å². The minimum atomic E-state index is -2.07. The van der Waals surface area contributed by atoms with E-state index in [1.807, 2.05) is 0 Å². The van der Waals surface area contributed by atoms with Crippen LogP contribution in [-0.2, 0) is 0 Å². The molecule has 2 heterocycles. The molecule has 2 aliphatic rings. The van der Waals surface area contributed by atoms with Gasteiger partial charge in [-0.25, -0.2) is 0 Å². The maximum absolute atomic E-state index is 4.81. The fourth-order valence-electron chi connectivity index (χ4n) is 9.82. The summed E-state index contributed by atoms with van der Waals surface area (Å²) in [7, 11) is -2.07. The van der Waals surface area contributed by atoms with Crippen molar-refractivity contribution in [2.75, 3.05) is 11.4 Å². The van der Waals surface area contributed by atoms with Gasteiger partial charge in [0, 0.05) is 23.5 Å². The Bertz CT molecular complexity index is 3250. The second kappa shape index (κ2) is 14.8. The summed E-state index contributed by atoms with van der Waals surface area (Å²) in [5.74, 6) is 0. The summed E-state index contributed by atoms with van der Waals surface area (Å²) in [6, 6.07) is 71.6. The average Bonchev–Trinajstić information content (AvgIpc) is 3.57. The minimum Gasteiger partial charge on any atom is -0.337 e. The Balaban J connectivity index is 1.01. The highest BCUT2D eigenvalue weighted by atomic mass is 28.3. The topological polar surface area (TPSA) is 3.24 Å². The summed E-state index contributed by atoms with van der Waals surface area (Å²) in [6.07, 6.45) is 6.91. The molecule has 61 heavy (non-hydrogen) atoms. The maximum atomic E-state index is 4.81. The Morgan fingerprint density at radius 2 is 1.00 bits per heavy atom. The molecule has 0 saturated heterocycles. The molecule has 1 nitrogen and oxygen atoms in total. The van der Waals surface area contributed by atoms with Gasteiger partial charge in [0.25, 0.3) is 0 Å². The van der Waals surface area contributed by atoms with E-state index >= 15 is 0 Å². The van der Waals surface area contributed by atoms with Crippen molar-refractivity contribution in [3.63, 3.8) is 0 Å². The zero-order valence-electron chi connectivity index (χ0n) is 34.6. The van der Waals surface area contributed by atoms with Crippen molar-refractivity contribution < 1.29 is 0 Å². The highest BCUT2D eigenvalue weighted by molar-refractivity contribution is 7.04. The van der Waals surface area contributed by atoms with Crippen molar-refractivity contribution in [3.8, 4) is 44.5 Å². The SMILES string of the molecule is C=C1/C=C(c2cccc3ccccc23)\C=C/CN(c2ccc3c(c2)[Si](C)(C)c2cc(-c4ccc(-c5ccccc5)cc4)ccc2-3)c2ccc(-c3cccc4ccccc34)cc21. The summed E-state index contributed by atoms with van der Waals surface area (Å²) in [4.78, 5) is 2.50. The molecule has 0 unspecified atom stereocenters. The molecule has 11 rings (SSSR count). The van der Waals surface area contributed by atoms with E-state index < -0.39 is 8.07 Å². The number of nitrogens with zero attached hydrogens (tertiary/aromatic N) is 1. The van der Waals surface area contributed by atoms with Gasteiger partial charge in [0.2, 0.25) is 0 Å². The lowest BCUT2D eigenvalue weighted by Gasteiger charge is -2.28. The Labute approximate surface area is 359 Å². The van der Waals surface area contributed by atoms with Crippen LogP contribution in [0.2, 0.25) is 13.1 Å². The summed E-state index contributed by atoms with van der Waals surface area (Å²) in [5.41, 5.74) is 17.0. The molecular formula is C59H45NSi. The summed E-state index contributed by atoms with van der Waals surface area (Å²) >= 11 is 0. The first-order chi connectivity index (χ1) is 29.9. The van der Waals surface area contributed by atoms with Crippen LogP contribution in [0.25, 0.3) is 77.2 Å². The van der Waals surface area contributed by atoms with E-state index in [2.05, 4.69) is 230 Å². The molecule has 0 N–H and O–H groups in total. The summed E-state index contributed by atoms with van der Waals surface area (Å²) in [5, 5.41) is 7.97. The normalized spacial score (nSPS) is 15.5. The number of benzene rings is 9. The van der Waals surface area contributed by atoms with Gasteiger partial charge in [-0.3, -0.25) is 0 Å². The van der Waals surface area contributed by atoms with Gasteiger partial charge >= 0.3 is 0 Å². The molecule has 290 valence electrons. The molecule has 0 bridgehead atoms. The van der Waals surface area contributed by atoms with E-state index in [1.54, 1.807) is 0 Å². The highest BCUT2D eigenvalue weighted by Crippen LogP contribution is 2.41. The van der Waals surface area contributed by atoms with Crippen LogP contribution in [0.1, 0.15) is 11.1 Å². The lowest BCUT2D eigenvalue weighted by Crippen LogP contribution is -2.49. The molecule has 0 fully saturated rings. The molecule has 0 amide bonds. The first kappa shape index (κ1) is 36.8. The van der Waals surface area contributed by atoms with Gasteiger partial charge in [0.1, 0.15) is 8.07 Å². The van der Waals surface area contributed by atoms with Gasteiger partial charge in [-0.2, -0.15) is 0 Å². The van der Waals surface area contributed by atoms with Crippen molar-refractivity contribution in [2.24, 2.45) is 0 Å². The first-order valence-electron chi connectivity index (χ1n) is 21.3. The van der Waals surface area contributed by atoms with Crippen LogP contribution in [0.4, 0.5) is 11.4 Å². The largest absolute Gasteiger partial charge is 0.337 e. The van der Waals surface area contributed by atoms with Gasteiger partial charge in [-0.15, -0.1) is 0 Å². The van der Waals surface area contributed by atoms with Crippen LogP contribution in [0.3, 0.4) is 0 Å². The van der Waals surface area contributed by atoms with Gasteiger partial charge in [-0.1, -0.05) is 202 Å². The number of fused-ring (bicyclic) bond motifs is 6. The molecule has 0 aliphatic carbocycles. The molecule has 0 atom stereocenters. The van der Waals surface area contributed by atoms with Crippen LogP contribution in [-0.4, -0.2) is 14.6 Å². The van der Waals surface area contributed by atoms with Crippen LogP contribution in [0.5, 0.6) is 0 Å². The highest BCUT2D eigenvalue weighted by Gasteiger charge is 2.38. The second-order valence-electron chi connectivity index (χ2n) is 17.0. The van der Waals surface area contributed by atoms with Crippen molar-refractivity contribution in [1.82, 2.24) is 0 Å². The average molecular weight is 796 g/mol. The third-order valence-corrected chi connectivity index (χ3v) is 16.6. The van der Waals surface area contributed by atoms with Crippen LogP contribution >= 0.6 is 0 Å². The van der Waals surface area contributed by atoms with Crippen molar-refractivity contribution in [3.05, 3.63) is 230 Å². The smallest absolute Gasteiger partial charge is 0.113 e. The molecule has 2 heteroatoms. The Morgan fingerprint density at radius 1 is 0.443 bits per heavy atom. The maximum Gasteiger partial charge on any atom is 0.113 e. The Kier molecular flexibility index (Phi) is 8.91. The Morgan fingerprint density at radius 3 is 1.74 bits per heavy atom. The number of anilines is 2. The van der Waals surface area contributed by atoms with Gasteiger partial charge in [0.05, 0.1) is 0 Å². The van der Waals surface area contributed by atoms with Crippen LogP contribution in [0.15, 0.2) is 219 Å². The van der Waals surface area contributed by atoms with E-state index in [0.29, 0.717) is 6.54 Å².